The van der Waals surface area contributed by atoms with Crippen molar-refractivity contribution in [1.82, 2.24) is 0 Å². The molecule has 0 amide bonds. The van der Waals surface area contributed by atoms with E-state index in [0.29, 0.717) is 4.48 Å². The fourth-order valence-corrected chi connectivity index (χ4v) is 3.09. The highest BCUT2D eigenvalue weighted by Crippen LogP contribution is 2.64. The van der Waals surface area contributed by atoms with Gasteiger partial charge in [-0.3, -0.25) is 0 Å². The molecule has 0 aromatic rings. The van der Waals surface area contributed by atoms with Gasteiger partial charge in [0.15, 0.2) is 0 Å². The summed E-state index contributed by atoms with van der Waals surface area (Å²) in [5.74, 6) is -1.81. The van der Waals surface area contributed by atoms with E-state index in [0.717, 1.165) is 31.6 Å². The summed E-state index contributed by atoms with van der Waals surface area (Å²) in [5.41, 5.74) is 0.182. The molecule has 2 aliphatic heterocycles. The third-order valence-corrected chi connectivity index (χ3v) is 4.15. The van der Waals surface area contributed by atoms with Crippen molar-refractivity contribution in [3.05, 3.63) is 23.7 Å². The Kier molecular flexibility index (Phi) is 1.49. The Hall–Kier alpha value is -0.700. The van der Waals surface area contributed by atoms with E-state index in [1.165, 1.54) is 6.08 Å². The Morgan fingerprint density at radius 2 is 1.80 bits per heavy atom. The minimum Gasteiger partial charge on any atom is -0.243 e. The molecule has 3 aliphatic rings. The van der Waals surface area contributed by atoms with Gasteiger partial charge in [0.2, 0.25) is 5.70 Å². The predicted molar refractivity (Wildman–Crippen MR) is 54.1 cm³/mol. The zero-order valence-corrected chi connectivity index (χ0v) is 9.19. The highest BCUT2D eigenvalue weighted by Gasteiger charge is 2.79. The van der Waals surface area contributed by atoms with Crippen molar-refractivity contribution in [2.24, 2.45) is 5.41 Å². The molecule has 1 unspecified atom stereocenters. The van der Waals surface area contributed by atoms with Crippen LogP contribution in [0.1, 0.15) is 26.7 Å². The van der Waals surface area contributed by atoms with E-state index >= 15 is 0 Å². The summed E-state index contributed by atoms with van der Waals surface area (Å²) in [7, 11) is 0. The maximum atomic E-state index is 14.5. The smallest absolute Gasteiger partial charge is 0.243 e. The van der Waals surface area contributed by atoms with E-state index in [1.54, 1.807) is 19.9 Å². The van der Waals surface area contributed by atoms with E-state index in [4.69, 9.17) is 0 Å². The second-order valence-corrected chi connectivity index (χ2v) is 5.54. The van der Waals surface area contributed by atoms with Crippen LogP contribution in [0.5, 0.6) is 0 Å². The molecule has 0 saturated carbocycles. The molecule has 0 radical (unpaired) electrons. The Balaban J connectivity index is 2.09. The largest absolute Gasteiger partial charge is 0.342 e. The first kappa shape index (κ1) is 9.52. The van der Waals surface area contributed by atoms with E-state index in [1.807, 2.05) is 0 Å². The Bertz CT molecular complexity index is 388. The Morgan fingerprint density at radius 1 is 1.20 bits per heavy atom. The third-order valence-electron chi connectivity index (χ3n) is 4.15. The summed E-state index contributed by atoms with van der Waals surface area (Å²) in [4.78, 5) is 0. The summed E-state index contributed by atoms with van der Waals surface area (Å²) in [5, 5.41) is 0. The monoisotopic (exact) mass is 212 g/mol. The summed E-state index contributed by atoms with van der Waals surface area (Å²) in [6.07, 6.45) is 5.12. The third kappa shape index (κ3) is 0.906. The molecule has 3 heteroatoms. The second kappa shape index (κ2) is 2.34. The van der Waals surface area contributed by atoms with Gasteiger partial charge < -0.3 is 0 Å². The number of allylic oxidation sites excluding steroid dienone is 2. The fraction of sp³-hybridized carbons (Fsp3) is 0.667. The average Bonchev–Trinajstić information content (AvgIpc) is 2.56. The van der Waals surface area contributed by atoms with Crippen molar-refractivity contribution in [2.75, 3.05) is 13.1 Å². The van der Waals surface area contributed by atoms with Crippen LogP contribution in [0.3, 0.4) is 0 Å². The lowest BCUT2D eigenvalue weighted by atomic mass is 9.87. The standard InChI is InChI=1S/C12H16F2N/c1-11(2)8-10-12(14,7-9(11)13)15(10)5-3-4-6-15/h7-8H,3-6H2,1-2H3/q+1. The number of halogens is 2. The van der Waals surface area contributed by atoms with Crippen LogP contribution in [-0.2, 0) is 0 Å². The topological polar surface area (TPSA) is 0 Å². The van der Waals surface area contributed by atoms with Crippen molar-refractivity contribution in [3.8, 4) is 0 Å². The molecule has 15 heavy (non-hydrogen) atoms. The van der Waals surface area contributed by atoms with Gasteiger partial charge in [-0.2, -0.15) is 4.39 Å². The van der Waals surface area contributed by atoms with Gasteiger partial charge in [0.25, 0.3) is 0 Å². The van der Waals surface area contributed by atoms with Crippen LogP contribution in [0.15, 0.2) is 23.7 Å². The number of hydrogen-bond donors (Lipinski definition) is 0. The Morgan fingerprint density at radius 3 is 2.33 bits per heavy atom. The molecule has 0 bridgehead atoms. The van der Waals surface area contributed by atoms with Gasteiger partial charge in [0.1, 0.15) is 5.83 Å². The molecule has 0 aromatic carbocycles. The van der Waals surface area contributed by atoms with Gasteiger partial charge in [-0.25, -0.2) is 8.87 Å². The van der Waals surface area contributed by atoms with Crippen LogP contribution in [-0.4, -0.2) is 23.4 Å². The van der Waals surface area contributed by atoms with Crippen LogP contribution in [0, 0.1) is 5.41 Å². The molecule has 82 valence electrons. The molecule has 0 aromatic heterocycles. The SMILES string of the molecule is CC1(C)C=C2C(F)(C=C1F)[N+]21CCCC1. The molecule has 2 saturated heterocycles. The molecule has 2 heterocycles. The Labute approximate surface area is 88.7 Å². The highest BCUT2D eigenvalue weighted by molar-refractivity contribution is 5.39. The van der Waals surface area contributed by atoms with E-state index in [9.17, 15) is 8.78 Å². The van der Waals surface area contributed by atoms with Gasteiger partial charge in [-0.05, 0) is 19.9 Å². The number of alkyl halides is 1. The number of hydrogen-bond acceptors (Lipinski definition) is 0. The van der Waals surface area contributed by atoms with Crippen molar-refractivity contribution >= 4 is 0 Å². The molecule has 0 N–H and O–H groups in total. The zero-order valence-electron chi connectivity index (χ0n) is 9.19. The first-order valence-electron chi connectivity index (χ1n) is 5.61. The lowest BCUT2D eigenvalue weighted by Gasteiger charge is -2.18. The van der Waals surface area contributed by atoms with E-state index < -0.39 is 11.2 Å². The molecule has 3 rings (SSSR count). The van der Waals surface area contributed by atoms with Crippen molar-refractivity contribution in [3.63, 3.8) is 0 Å². The number of rotatable bonds is 0. The molecule has 1 nitrogen and oxygen atoms in total. The summed E-state index contributed by atoms with van der Waals surface area (Å²) in [6.45, 7) is 5.27. The van der Waals surface area contributed by atoms with Crippen molar-refractivity contribution < 1.29 is 13.3 Å². The second-order valence-electron chi connectivity index (χ2n) is 5.54. The van der Waals surface area contributed by atoms with Crippen LogP contribution in [0.25, 0.3) is 0 Å². The van der Waals surface area contributed by atoms with Gasteiger partial charge in [-0.1, -0.05) is 0 Å². The highest BCUT2D eigenvalue weighted by atomic mass is 19.2. The van der Waals surface area contributed by atoms with Gasteiger partial charge in [0, 0.05) is 18.3 Å². The molecule has 1 atom stereocenters. The fourth-order valence-electron chi connectivity index (χ4n) is 3.09. The molecule has 2 fully saturated rings. The predicted octanol–water partition coefficient (Wildman–Crippen LogP) is 3.05. The minimum atomic E-state index is -1.49. The van der Waals surface area contributed by atoms with Gasteiger partial charge in [-0.15, -0.1) is 0 Å². The first-order chi connectivity index (χ1) is 6.92. The normalized spacial score (nSPS) is 39.7. The van der Waals surface area contributed by atoms with E-state index in [2.05, 4.69) is 0 Å². The molecule has 1 aliphatic carbocycles. The lowest BCUT2D eigenvalue weighted by Crippen LogP contribution is -2.29. The van der Waals surface area contributed by atoms with Crippen LogP contribution < -0.4 is 0 Å². The van der Waals surface area contributed by atoms with Gasteiger partial charge in [0.05, 0.1) is 19.2 Å². The summed E-state index contributed by atoms with van der Waals surface area (Å²) in [6, 6.07) is 0. The van der Waals surface area contributed by atoms with Crippen LogP contribution >= 0.6 is 0 Å². The maximum absolute atomic E-state index is 14.5. The zero-order chi connectivity index (χ0) is 10.9. The van der Waals surface area contributed by atoms with Crippen LogP contribution in [0.2, 0.25) is 0 Å². The number of fused-ring (bicyclic) bond motifs is 3. The molecular weight excluding hydrogens is 196 g/mol. The number of nitrogens with zero attached hydrogens (tertiary/aromatic N) is 1. The summed E-state index contributed by atoms with van der Waals surface area (Å²) >= 11 is 0. The maximum Gasteiger partial charge on any atom is 0.342 e. The van der Waals surface area contributed by atoms with Crippen LogP contribution in [0.4, 0.5) is 8.78 Å². The average molecular weight is 212 g/mol. The molecule has 1 spiro atoms. The van der Waals surface area contributed by atoms with Gasteiger partial charge >= 0.3 is 5.79 Å². The van der Waals surface area contributed by atoms with Crippen molar-refractivity contribution in [2.45, 2.75) is 32.5 Å². The van der Waals surface area contributed by atoms with Crippen molar-refractivity contribution in [1.29, 1.82) is 0 Å². The van der Waals surface area contributed by atoms with E-state index in [-0.39, 0.29) is 5.83 Å². The number of quaternary nitrogens is 1. The quantitative estimate of drug-likeness (QED) is 0.329. The lowest BCUT2D eigenvalue weighted by molar-refractivity contribution is -0.806. The summed E-state index contributed by atoms with van der Waals surface area (Å²) < 4.78 is 28.6. The minimum absolute atomic E-state index is 0.323. The first-order valence-corrected chi connectivity index (χ1v) is 5.61. The molecular formula is C12H16F2N+.